The number of nitrogens with zero attached hydrogens (tertiary/aromatic N) is 2. The van der Waals surface area contributed by atoms with Crippen molar-refractivity contribution in [3.8, 4) is 0 Å². The summed E-state index contributed by atoms with van der Waals surface area (Å²) in [6.07, 6.45) is 0.855. The van der Waals surface area contributed by atoms with E-state index in [4.69, 9.17) is 0 Å². The van der Waals surface area contributed by atoms with Crippen LogP contribution in [-0.4, -0.2) is 44.0 Å². The van der Waals surface area contributed by atoms with Gasteiger partial charge in [-0.25, -0.2) is 0 Å². The van der Waals surface area contributed by atoms with Gasteiger partial charge in [-0.3, -0.25) is 0 Å². The summed E-state index contributed by atoms with van der Waals surface area (Å²) in [7, 11) is 6.48. The zero-order chi connectivity index (χ0) is 18.7. The molecule has 0 aliphatic rings. The Hall–Kier alpha value is -0.237. The van der Waals surface area contributed by atoms with Gasteiger partial charge in [0.2, 0.25) is 0 Å². The van der Waals surface area contributed by atoms with E-state index >= 15 is 0 Å². The number of hydrogen-bond acceptors (Lipinski definition) is 2. The van der Waals surface area contributed by atoms with Gasteiger partial charge in [0.25, 0.3) is 0 Å². The molecular formula is C22H39N2Zn-. The summed E-state index contributed by atoms with van der Waals surface area (Å²) >= 11 is 0. The van der Waals surface area contributed by atoms with Crippen molar-refractivity contribution in [2.45, 2.75) is 65.3 Å². The molecule has 0 aliphatic carbocycles. The standard InChI is InChI=1S/C22H39N2.Zn/c1-11-19-17(16-24(10)13-12-23(8)9)14-18(21(2,3)4)15-20(19)22(5,6)7;/h14-15H,1,11-13,16H2,2-10H3;/q-1;. The molecular weight excluding hydrogens is 358 g/mol. The molecule has 140 valence electrons. The van der Waals surface area contributed by atoms with Crippen LogP contribution in [0.2, 0.25) is 0 Å². The second-order valence-corrected chi connectivity index (χ2v) is 9.45. The van der Waals surface area contributed by atoms with E-state index in [0.717, 1.165) is 26.1 Å². The van der Waals surface area contributed by atoms with Crippen molar-refractivity contribution >= 4 is 0 Å². The van der Waals surface area contributed by atoms with Crippen LogP contribution in [0.4, 0.5) is 0 Å². The molecule has 0 atom stereocenters. The first-order chi connectivity index (χ1) is 10.9. The monoisotopic (exact) mass is 395 g/mol. The third-order valence-corrected chi connectivity index (χ3v) is 4.64. The second kappa shape index (κ2) is 9.63. The Balaban J connectivity index is 0.00000576. The SMILES string of the molecule is [CH2-]Cc1c(CN(C)CCN(C)C)cc(C(C)(C)C)cc1C(C)(C)C.[Zn]. The van der Waals surface area contributed by atoms with E-state index in [1.807, 2.05) is 0 Å². The zero-order valence-corrected chi connectivity index (χ0v) is 21.3. The Labute approximate surface area is 170 Å². The van der Waals surface area contributed by atoms with Crippen molar-refractivity contribution in [3.63, 3.8) is 0 Å². The molecule has 0 heterocycles. The summed E-state index contributed by atoms with van der Waals surface area (Å²) in [6, 6.07) is 4.84. The van der Waals surface area contributed by atoms with Crippen molar-refractivity contribution in [2.24, 2.45) is 0 Å². The second-order valence-electron chi connectivity index (χ2n) is 9.45. The first-order valence-electron chi connectivity index (χ1n) is 9.15. The molecule has 0 aliphatic heterocycles. The Bertz CT molecular complexity index is 536. The smallest absolute Gasteiger partial charge is 0.0233 e. The summed E-state index contributed by atoms with van der Waals surface area (Å²) in [5, 5.41) is 0. The van der Waals surface area contributed by atoms with Crippen LogP contribution in [0.3, 0.4) is 0 Å². The topological polar surface area (TPSA) is 6.48 Å². The average Bonchev–Trinajstić information content (AvgIpc) is 2.42. The number of benzene rings is 1. The quantitative estimate of drug-likeness (QED) is 0.510. The molecule has 1 aromatic carbocycles. The van der Waals surface area contributed by atoms with Crippen molar-refractivity contribution in [1.29, 1.82) is 0 Å². The van der Waals surface area contributed by atoms with Crippen molar-refractivity contribution < 1.29 is 19.5 Å². The van der Waals surface area contributed by atoms with Crippen LogP contribution >= 0.6 is 0 Å². The number of hydrogen-bond donors (Lipinski definition) is 0. The molecule has 0 N–H and O–H groups in total. The summed E-state index contributed by atoms with van der Waals surface area (Å²) in [5.74, 6) is 0. The van der Waals surface area contributed by atoms with E-state index in [0.29, 0.717) is 0 Å². The van der Waals surface area contributed by atoms with Gasteiger partial charge >= 0.3 is 0 Å². The van der Waals surface area contributed by atoms with Crippen molar-refractivity contribution in [3.05, 3.63) is 41.3 Å². The Kier molecular flexibility index (Phi) is 9.54. The molecule has 3 heteroatoms. The summed E-state index contributed by atoms with van der Waals surface area (Å²) < 4.78 is 0. The van der Waals surface area contributed by atoms with Crippen LogP contribution in [0, 0.1) is 6.92 Å². The molecule has 0 unspecified atom stereocenters. The molecule has 0 fully saturated rings. The fourth-order valence-corrected chi connectivity index (χ4v) is 3.01. The molecule has 0 saturated heterocycles. The van der Waals surface area contributed by atoms with E-state index in [1.54, 1.807) is 0 Å². The maximum Gasteiger partial charge on any atom is 0.0233 e. The molecule has 0 saturated carbocycles. The number of rotatable bonds is 6. The van der Waals surface area contributed by atoms with Crippen LogP contribution in [0.15, 0.2) is 12.1 Å². The molecule has 0 spiro atoms. The van der Waals surface area contributed by atoms with Gasteiger partial charge < -0.3 is 16.7 Å². The maximum atomic E-state index is 4.24. The van der Waals surface area contributed by atoms with Gasteiger partial charge in [0, 0.05) is 39.1 Å². The number of likely N-dealkylation sites (N-methyl/N-ethyl adjacent to an activating group) is 2. The molecule has 0 radical (unpaired) electrons. The normalized spacial score (nSPS) is 12.6. The van der Waals surface area contributed by atoms with Crippen LogP contribution in [0.1, 0.15) is 63.8 Å². The molecule has 1 rings (SSSR count). The Morgan fingerprint density at radius 3 is 1.84 bits per heavy atom. The van der Waals surface area contributed by atoms with E-state index in [-0.39, 0.29) is 30.3 Å². The summed E-state index contributed by atoms with van der Waals surface area (Å²) in [6.45, 7) is 21.2. The van der Waals surface area contributed by atoms with Gasteiger partial charge in [-0.2, -0.15) is 6.42 Å². The molecule has 0 aromatic heterocycles. The molecule has 0 amide bonds. The molecule has 0 bridgehead atoms. The Morgan fingerprint density at radius 2 is 1.44 bits per heavy atom. The minimum atomic E-state index is 0. The van der Waals surface area contributed by atoms with E-state index in [9.17, 15) is 0 Å². The first-order valence-corrected chi connectivity index (χ1v) is 9.15. The van der Waals surface area contributed by atoms with Gasteiger partial charge in [0.05, 0.1) is 0 Å². The van der Waals surface area contributed by atoms with Crippen LogP contribution < -0.4 is 0 Å². The minimum Gasteiger partial charge on any atom is -0.339 e. The van der Waals surface area contributed by atoms with Crippen LogP contribution in [0.25, 0.3) is 0 Å². The third kappa shape index (κ3) is 7.49. The molecule has 2 nitrogen and oxygen atoms in total. The fourth-order valence-electron chi connectivity index (χ4n) is 3.01. The van der Waals surface area contributed by atoms with Gasteiger partial charge in [-0.05, 0) is 48.7 Å². The van der Waals surface area contributed by atoms with Gasteiger partial charge in [-0.15, -0.1) is 0 Å². The zero-order valence-electron chi connectivity index (χ0n) is 18.3. The maximum absolute atomic E-state index is 4.24. The molecule has 25 heavy (non-hydrogen) atoms. The van der Waals surface area contributed by atoms with E-state index in [1.165, 1.54) is 22.3 Å². The average molecular weight is 397 g/mol. The van der Waals surface area contributed by atoms with E-state index in [2.05, 4.69) is 91.5 Å². The fraction of sp³-hybridized carbons (Fsp3) is 0.682. The first kappa shape index (κ1) is 24.8. The van der Waals surface area contributed by atoms with E-state index < -0.39 is 0 Å². The van der Waals surface area contributed by atoms with Gasteiger partial charge in [-0.1, -0.05) is 59.2 Å². The largest absolute Gasteiger partial charge is 0.339 e. The van der Waals surface area contributed by atoms with Gasteiger partial charge in [0.1, 0.15) is 0 Å². The van der Waals surface area contributed by atoms with Crippen LogP contribution in [-0.2, 0) is 43.3 Å². The van der Waals surface area contributed by atoms with Crippen LogP contribution in [0.5, 0.6) is 0 Å². The van der Waals surface area contributed by atoms with Crippen molar-refractivity contribution in [2.75, 3.05) is 34.2 Å². The predicted molar refractivity (Wildman–Crippen MR) is 108 cm³/mol. The summed E-state index contributed by atoms with van der Waals surface area (Å²) in [4.78, 5) is 4.67. The minimum absolute atomic E-state index is 0. The third-order valence-electron chi connectivity index (χ3n) is 4.64. The Morgan fingerprint density at radius 1 is 0.880 bits per heavy atom. The van der Waals surface area contributed by atoms with Gasteiger partial charge in [0.15, 0.2) is 0 Å². The molecule has 1 aromatic rings. The predicted octanol–water partition coefficient (Wildman–Crippen LogP) is 4.65. The summed E-state index contributed by atoms with van der Waals surface area (Å²) in [5.41, 5.74) is 6.08. The van der Waals surface area contributed by atoms with Crippen molar-refractivity contribution in [1.82, 2.24) is 9.80 Å².